The summed E-state index contributed by atoms with van der Waals surface area (Å²) in [7, 11) is 0. The van der Waals surface area contributed by atoms with Crippen LogP contribution in [0.5, 0.6) is 0 Å². The maximum absolute atomic E-state index is 10.1. The van der Waals surface area contributed by atoms with E-state index < -0.39 is 16.2 Å². The Morgan fingerprint density at radius 1 is 0.769 bits per heavy atom. The summed E-state index contributed by atoms with van der Waals surface area (Å²) in [5.74, 6) is 0. The molecule has 0 aliphatic heterocycles. The van der Waals surface area contributed by atoms with Gasteiger partial charge in [0.05, 0.1) is 29.5 Å². The number of nitrogens with zero attached hydrogens (tertiary/aromatic N) is 3. The third-order valence-electron chi connectivity index (χ3n) is 6.07. The minimum absolute atomic E-state index is 0.0442. The molecular weight excluding hydrogens is 320 g/mol. The van der Waals surface area contributed by atoms with Crippen molar-refractivity contribution in [1.82, 2.24) is 0 Å². The van der Waals surface area contributed by atoms with E-state index in [-0.39, 0.29) is 11.3 Å². The van der Waals surface area contributed by atoms with Crippen LogP contribution >= 0.6 is 0 Å². The molecule has 4 nitrogen and oxygen atoms in total. The van der Waals surface area contributed by atoms with Crippen molar-refractivity contribution in [2.75, 3.05) is 0 Å². The zero-order valence-corrected chi connectivity index (χ0v) is 14.7. The maximum atomic E-state index is 10.1. The zero-order valence-electron chi connectivity index (χ0n) is 14.7. The van der Waals surface area contributed by atoms with Gasteiger partial charge in [-0.1, -0.05) is 67.6 Å². The van der Waals surface area contributed by atoms with E-state index in [1.807, 2.05) is 74.5 Å². The first-order valence-corrected chi connectivity index (χ1v) is 8.28. The molecule has 0 bridgehead atoms. The number of hydrogen-bond acceptors (Lipinski definition) is 4. The second-order valence-electron chi connectivity index (χ2n) is 6.86. The number of hydrogen-bond donors (Lipinski definition) is 1. The van der Waals surface area contributed by atoms with Gasteiger partial charge in [-0.15, -0.1) is 0 Å². The van der Waals surface area contributed by atoms with Crippen molar-refractivity contribution >= 4 is 0 Å². The Hall–Kier alpha value is -3.55. The summed E-state index contributed by atoms with van der Waals surface area (Å²) in [5.41, 5.74) is 4.67. The van der Waals surface area contributed by atoms with Crippen molar-refractivity contribution < 1.29 is 0 Å². The molecule has 0 saturated heterocycles. The molecule has 0 radical (unpaired) electrons. The highest BCUT2D eigenvalue weighted by molar-refractivity contribution is 5.65. The topological polar surface area (TPSA) is 97.4 Å². The van der Waals surface area contributed by atoms with E-state index in [1.54, 1.807) is 0 Å². The van der Waals surface area contributed by atoms with Crippen molar-refractivity contribution in [3.8, 4) is 18.2 Å². The first-order chi connectivity index (χ1) is 12.4. The van der Waals surface area contributed by atoms with E-state index in [2.05, 4.69) is 18.2 Å². The summed E-state index contributed by atoms with van der Waals surface area (Å²) < 4.78 is 0. The average molecular weight is 338 g/mol. The molecule has 0 spiro atoms. The molecule has 2 atom stereocenters. The molecule has 2 aromatic carbocycles. The van der Waals surface area contributed by atoms with Crippen molar-refractivity contribution in [2.24, 2.45) is 11.1 Å². The van der Waals surface area contributed by atoms with E-state index in [4.69, 9.17) is 5.73 Å². The van der Waals surface area contributed by atoms with Crippen LogP contribution in [0.15, 0.2) is 71.9 Å². The summed E-state index contributed by atoms with van der Waals surface area (Å²) in [5, 5.41) is 30.1. The molecule has 1 aliphatic rings. The summed E-state index contributed by atoms with van der Waals surface area (Å²) in [6, 6.07) is 25.4. The summed E-state index contributed by atoms with van der Waals surface area (Å²) in [6.07, 6.45) is 0. The number of benzene rings is 2. The van der Waals surface area contributed by atoms with Crippen LogP contribution in [0.2, 0.25) is 0 Å². The summed E-state index contributed by atoms with van der Waals surface area (Å²) in [4.78, 5) is 0. The molecule has 26 heavy (non-hydrogen) atoms. The van der Waals surface area contributed by atoms with E-state index in [0.717, 1.165) is 11.1 Å². The van der Waals surface area contributed by atoms with Gasteiger partial charge in [0.2, 0.25) is 0 Å². The predicted octanol–water partition coefficient (Wildman–Crippen LogP) is 3.69. The molecule has 4 heteroatoms. The van der Waals surface area contributed by atoms with Crippen molar-refractivity contribution in [3.05, 3.63) is 83.1 Å². The molecule has 3 rings (SSSR count). The summed E-state index contributed by atoms with van der Waals surface area (Å²) >= 11 is 0. The van der Waals surface area contributed by atoms with Gasteiger partial charge in [0, 0.05) is 10.8 Å². The third-order valence-corrected chi connectivity index (χ3v) is 6.07. The Morgan fingerprint density at radius 2 is 1.23 bits per heavy atom. The largest absolute Gasteiger partial charge is 0.399 e. The Balaban J connectivity index is 2.51. The Morgan fingerprint density at radius 3 is 1.65 bits per heavy atom. The van der Waals surface area contributed by atoms with E-state index >= 15 is 0 Å². The lowest BCUT2D eigenvalue weighted by molar-refractivity contribution is 0.238. The molecule has 2 N–H and O–H groups in total. The molecule has 0 unspecified atom stereocenters. The Bertz CT molecular complexity index is 988. The fourth-order valence-electron chi connectivity index (χ4n) is 4.37. The van der Waals surface area contributed by atoms with Crippen molar-refractivity contribution in [1.29, 1.82) is 15.8 Å². The molecule has 0 amide bonds. The van der Waals surface area contributed by atoms with E-state index in [0.29, 0.717) is 0 Å². The minimum atomic E-state index is -1.65. The Labute approximate surface area is 153 Å². The first kappa shape index (κ1) is 17.3. The standard InChI is InChI=1S/C22H18N4/c1-20(16-9-5-3-6-10-16)18(13-23)19(26)22(14-24,15-25)21(20,2)17-11-7-4-8-12-17/h3-12H,26H2,1-2H3/t20-,21-/m0/s1. The van der Waals surface area contributed by atoms with Crippen LogP contribution in [-0.4, -0.2) is 0 Å². The van der Waals surface area contributed by atoms with Crippen LogP contribution < -0.4 is 5.73 Å². The molecule has 0 aromatic heterocycles. The van der Waals surface area contributed by atoms with Gasteiger partial charge in [-0.3, -0.25) is 0 Å². The molecular formula is C22H18N4. The highest BCUT2D eigenvalue weighted by Crippen LogP contribution is 2.64. The molecule has 2 aromatic rings. The highest BCUT2D eigenvalue weighted by Gasteiger charge is 2.69. The van der Waals surface area contributed by atoms with Crippen molar-refractivity contribution in [2.45, 2.75) is 24.7 Å². The van der Waals surface area contributed by atoms with Gasteiger partial charge in [0.25, 0.3) is 0 Å². The fraction of sp³-hybridized carbons (Fsp3) is 0.227. The number of rotatable bonds is 2. The van der Waals surface area contributed by atoms with E-state index in [1.165, 1.54) is 0 Å². The monoisotopic (exact) mass is 338 g/mol. The van der Waals surface area contributed by atoms with Gasteiger partial charge in [-0.25, -0.2) is 0 Å². The lowest BCUT2D eigenvalue weighted by atomic mass is 9.51. The Kier molecular flexibility index (Phi) is 3.83. The van der Waals surface area contributed by atoms with Crippen LogP contribution in [0.1, 0.15) is 25.0 Å². The van der Waals surface area contributed by atoms with Gasteiger partial charge in [0.1, 0.15) is 0 Å². The molecule has 126 valence electrons. The molecule has 0 saturated carbocycles. The fourth-order valence-corrected chi connectivity index (χ4v) is 4.37. The minimum Gasteiger partial charge on any atom is -0.399 e. The lowest BCUT2D eigenvalue weighted by Gasteiger charge is -2.47. The molecule has 0 fully saturated rings. The third kappa shape index (κ3) is 1.75. The smallest absolute Gasteiger partial charge is 0.194 e. The predicted molar refractivity (Wildman–Crippen MR) is 98.1 cm³/mol. The molecule has 0 heterocycles. The maximum Gasteiger partial charge on any atom is 0.194 e. The van der Waals surface area contributed by atoms with Crippen LogP contribution in [0.4, 0.5) is 0 Å². The van der Waals surface area contributed by atoms with Crippen LogP contribution in [-0.2, 0) is 10.8 Å². The normalized spacial score (nSPS) is 26.6. The van der Waals surface area contributed by atoms with Gasteiger partial charge in [0.15, 0.2) is 5.41 Å². The second kappa shape index (κ2) is 5.76. The number of nitrogens with two attached hydrogens (primary N) is 1. The van der Waals surface area contributed by atoms with Crippen LogP contribution in [0.3, 0.4) is 0 Å². The van der Waals surface area contributed by atoms with Gasteiger partial charge < -0.3 is 5.73 Å². The number of allylic oxidation sites excluding steroid dienone is 2. The zero-order chi connectivity index (χ0) is 19.0. The first-order valence-electron chi connectivity index (χ1n) is 8.28. The van der Waals surface area contributed by atoms with Gasteiger partial charge in [-0.2, -0.15) is 15.8 Å². The number of nitriles is 3. The van der Waals surface area contributed by atoms with Crippen LogP contribution in [0, 0.1) is 39.4 Å². The second-order valence-corrected chi connectivity index (χ2v) is 6.86. The highest BCUT2D eigenvalue weighted by atomic mass is 14.8. The van der Waals surface area contributed by atoms with Crippen LogP contribution in [0.25, 0.3) is 0 Å². The quantitative estimate of drug-likeness (QED) is 0.903. The lowest BCUT2D eigenvalue weighted by Crippen LogP contribution is -2.52. The van der Waals surface area contributed by atoms with E-state index in [9.17, 15) is 15.8 Å². The molecule has 1 aliphatic carbocycles. The van der Waals surface area contributed by atoms with Gasteiger partial charge >= 0.3 is 0 Å². The SMILES string of the molecule is C[C@]1(c2ccccc2)C(C#N)=C(N)C(C#N)(C#N)[C@@]1(C)c1ccccc1. The summed E-state index contributed by atoms with van der Waals surface area (Å²) in [6.45, 7) is 3.76. The average Bonchev–Trinajstić information content (AvgIpc) is 2.85. The van der Waals surface area contributed by atoms with Gasteiger partial charge in [-0.05, 0) is 18.1 Å². The van der Waals surface area contributed by atoms with Crippen molar-refractivity contribution in [3.63, 3.8) is 0 Å².